The van der Waals surface area contributed by atoms with E-state index in [1.54, 1.807) is 0 Å². The van der Waals surface area contributed by atoms with Crippen molar-refractivity contribution in [3.63, 3.8) is 0 Å². The topological polar surface area (TPSA) is 23.6 Å². The number of carbonyl (C=O) groups is 1. The maximum Gasteiger partial charge on any atom is 0.222 e. The van der Waals surface area contributed by atoms with Gasteiger partial charge >= 0.3 is 0 Å². The summed E-state index contributed by atoms with van der Waals surface area (Å²) in [6, 6.07) is 0. The fourth-order valence-corrected chi connectivity index (χ4v) is 3.46. The molecule has 0 saturated carbocycles. The van der Waals surface area contributed by atoms with Gasteiger partial charge in [-0.3, -0.25) is 4.79 Å². The fourth-order valence-electron chi connectivity index (χ4n) is 3.46. The van der Waals surface area contributed by atoms with Crippen LogP contribution in [0.25, 0.3) is 0 Å². The summed E-state index contributed by atoms with van der Waals surface area (Å²) in [4.78, 5) is 16.6. The predicted molar refractivity (Wildman–Crippen MR) is 79.0 cm³/mol. The Morgan fingerprint density at radius 3 is 2.26 bits per heavy atom. The Labute approximate surface area is 117 Å². The minimum atomic E-state index is 0.320. The van der Waals surface area contributed by atoms with E-state index >= 15 is 0 Å². The Bertz CT molecular complexity index is 309. The van der Waals surface area contributed by atoms with Gasteiger partial charge in [-0.05, 0) is 57.2 Å². The van der Waals surface area contributed by atoms with Crippen molar-refractivity contribution >= 4 is 5.91 Å². The highest BCUT2D eigenvalue weighted by Crippen LogP contribution is 2.41. The molecule has 3 heteroatoms. The van der Waals surface area contributed by atoms with E-state index in [0.717, 1.165) is 19.5 Å². The number of rotatable bonds is 4. The number of amides is 1. The summed E-state index contributed by atoms with van der Waals surface area (Å²) < 4.78 is 0. The van der Waals surface area contributed by atoms with E-state index in [1.165, 1.54) is 45.3 Å². The summed E-state index contributed by atoms with van der Waals surface area (Å²) >= 11 is 0. The minimum Gasteiger partial charge on any atom is -0.343 e. The van der Waals surface area contributed by atoms with E-state index in [2.05, 4.69) is 23.3 Å². The average molecular weight is 264 g/mol. The van der Waals surface area contributed by atoms with Gasteiger partial charge in [-0.1, -0.05) is 13.0 Å². The van der Waals surface area contributed by atoms with Gasteiger partial charge in [-0.2, -0.15) is 0 Å². The summed E-state index contributed by atoms with van der Waals surface area (Å²) in [6.07, 6.45) is 8.37. The third-order valence-electron chi connectivity index (χ3n) is 5.10. The van der Waals surface area contributed by atoms with Crippen molar-refractivity contribution in [2.75, 3.05) is 32.7 Å². The largest absolute Gasteiger partial charge is 0.343 e. The Morgan fingerprint density at radius 2 is 1.74 bits per heavy atom. The molecule has 2 rings (SSSR count). The van der Waals surface area contributed by atoms with E-state index in [-0.39, 0.29) is 0 Å². The van der Waals surface area contributed by atoms with Gasteiger partial charge in [0.05, 0.1) is 0 Å². The second-order valence-corrected chi connectivity index (χ2v) is 6.14. The third kappa shape index (κ3) is 3.59. The molecule has 0 aromatic carbocycles. The predicted octanol–water partition coefficient (Wildman–Crippen LogP) is 2.68. The van der Waals surface area contributed by atoms with Gasteiger partial charge in [0, 0.05) is 19.5 Å². The number of piperidine rings is 2. The molecule has 19 heavy (non-hydrogen) atoms. The molecule has 0 atom stereocenters. The molecule has 0 aliphatic carbocycles. The van der Waals surface area contributed by atoms with Crippen LogP contribution in [0.4, 0.5) is 0 Å². The van der Waals surface area contributed by atoms with Crippen LogP contribution in [0.5, 0.6) is 0 Å². The van der Waals surface area contributed by atoms with Crippen LogP contribution in [0.15, 0.2) is 12.7 Å². The molecule has 0 bridgehead atoms. The molecule has 2 heterocycles. The van der Waals surface area contributed by atoms with Crippen molar-refractivity contribution in [1.29, 1.82) is 0 Å². The number of hydrogen-bond acceptors (Lipinski definition) is 2. The molecule has 2 fully saturated rings. The zero-order valence-corrected chi connectivity index (χ0v) is 12.4. The van der Waals surface area contributed by atoms with E-state index < -0.39 is 0 Å². The quantitative estimate of drug-likeness (QED) is 0.729. The van der Waals surface area contributed by atoms with Gasteiger partial charge in [-0.15, -0.1) is 6.58 Å². The number of nitrogens with zero attached hydrogens (tertiary/aromatic N) is 2. The van der Waals surface area contributed by atoms with Crippen LogP contribution in [0.3, 0.4) is 0 Å². The first-order chi connectivity index (χ1) is 9.19. The smallest absolute Gasteiger partial charge is 0.222 e. The lowest BCUT2D eigenvalue weighted by atomic mass is 9.71. The van der Waals surface area contributed by atoms with E-state index in [4.69, 9.17) is 0 Å². The first-order valence-electron chi connectivity index (χ1n) is 7.80. The average Bonchev–Trinajstić information content (AvgIpc) is 2.46. The molecule has 0 aromatic heterocycles. The van der Waals surface area contributed by atoms with Crippen LogP contribution in [0, 0.1) is 5.41 Å². The van der Waals surface area contributed by atoms with Crippen molar-refractivity contribution in [2.24, 2.45) is 5.41 Å². The standard InChI is InChI=1S/C16H28N2O/c1-3-5-6-15(19)18-13-9-16(10-14-18)7-11-17(4-2)12-8-16/h3H,1,4-14H2,2H3. The highest BCUT2D eigenvalue weighted by molar-refractivity contribution is 5.76. The molecule has 0 N–H and O–H groups in total. The normalized spacial score (nSPS) is 23.5. The lowest BCUT2D eigenvalue weighted by Crippen LogP contribution is -2.48. The van der Waals surface area contributed by atoms with Gasteiger partial charge in [0.25, 0.3) is 0 Å². The second-order valence-electron chi connectivity index (χ2n) is 6.14. The van der Waals surface area contributed by atoms with Crippen molar-refractivity contribution in [2.45, 2.75) is 45.4 Å². The number of hydrogen-bond donors (Lipinski definition) is 0. The Kier molecular flexibility index (Phi) is 5.03. The van der Waals surface area contributed by atoms with Gasteiger partial charge in [0.1, 0.15) is 0 Å². The molecule has 3 nitrogen and oxygen atoms in total. The molecule has 1 amide bonds. The van der Waals surface area contributed by atoms with Crippen LogP contribution < -0.4 is 0 Å². The zero-order valence-electron chi connectivity index (χ0n) is 12.4. The first kappa shape index (κ1) is 14.6. The van der Waals surface area contributed by atoms with E-state index in [9.17, 15) is 4.79 Å². The van der Waals surface area contributed by atoms with E-state index in [0.29, 0.717) is 17.7 Å². The summed E-state index contributed by atoms with van der Waals surface area (Å²) in [5.41, 5.74) is 0.543. The van der Waals surface area contributed by atoms with Gasteiger partial charge in [0.15, 0.2) is 0 Å². The first-order valence-corrected chi connectivity index (χ1v) is 7.80. The molecule has 1 spiro atoms. The van der Waals surface area contributed by atoms with Gasteiger partial charge in [-0.25, -0.2) is 0 Å². The monoisotopic (exact) mass is 264 g/mol. The maximum atomic E-state index is 12.0. The summed E-state index contributed by atoms with van der Waals surface area (Å²) in [5.74, 6) is 0.320. The molecular formula is C16H28N2O. The van der Waals surface area contributed by atoms with Crippen molar-refractivity contribution < 1.29 is 4.79 Å². The van der Waals surface area contributed by atoms with Crippen LogP contribution in [-0.2, 0) is 4.79 Å². The van der Waals surface area contributed by atoms with Gasteiger partial charge in [0.2, 0.25) is 5.91 Å². The Hall–Kier alpha value is -0.830. The lowest BCUT2D eigenvalue weighted by Gasteiger charge is -2.46. The van der Waals surface area contributed by atoms with Gasteiger partial charge < -0.3 is 9.80 Å². The lowest BCUT2D eigenvalue weighted by molar-refractivity contribution is -0.134. The van der Waals surface area contributed by atoms with E-state index in [1.807, 2.05) is 6.08 Å². The minimum absolute atomic E-state index is 0.320. The third-order valence-corrected chi connectivity index (χ3v) is 5.10. The van der Waals surface area contributed by atoms with Crippen LogP contribution >= 0.6 is 0 Å². The SMILES string of the molecule is C=CCCC(=O)N1CCC2(CCN(CC)CC2)CC1. The molecule has 2 aliphatic rings. The summed E-state index contributed by atoms with van der Waals surface area (Å²) in [5, 5.41) is 0. The van der Waals surface area contributed by atoms with Crippen molar-refractivity contribution in [3.05, 3.63) is 12.7 Å². The zero-order chi connectivity index (χ0) is 13.7. The molecule has 0 aromatic rings. The fraction of sp³-hybridized carbons (Fsp3) is 0.812. The highest BCUT2D eigenvalue weighted by atomic mass is 16.2. The molecular weight excluding hydrogens is 236 g/mol. The Balaban J connectivity index is 1.79. The van der Waals surface area contributed by atoms with Crippen LogP contribution in [0.1, 0.15) is 45.4 Å². The second kappa shape index (κ2) is 6.56. The van der Waals surface area contributed by atoms with Crippen LogP contribution in [0.2, 0.25) is 0 Å². The van der Waals surface area contributed by atoms with Crippen molar-refractivity contribution in [3.8, 4) is 0 Å². The molecule has 2 aliphatic heterocycles. The maximum absolute atomic E-state index is 12.0. The number of allylic oxidation sites excluding steroid dienone is 1. The number of likely N-dealkylation sites (tertiary alicyclic amines) is 2. The summed E-state index contributed by atoms with van der Waals surface area (Å²) in [6.45, 7) is 11.6. The molecule has 0 radical (unpaired) electrons. The molecule has 0 unspecified atom stereocenters. The highest BCUT2D eigenvalue weighted by Gasteiger charge is 2.37. The summed E-state index contributed by atoms with van der Waals surface area (Å²) in [7, 11) is 0. The van der Waals surface area contributed by atoms with Crippen LogP contribution in [-0.4, -0.2) is 48.4 Å². The number of carbonyl (C=O) groups excluding carboxylic acids is 1. The molecule has 2 saturated heterocycles. The Morgan fingerprint density at radius 1 is 1.16 bits per heavy atom. The van der Waals surface area contributed by atoms with Crippen molar-refractivity contribution in [1.82, 2.24) is 9.80 Å². The molecule has 108 valence electrons.